The van der Waals surface area contributed by atoms with E-state index in [4.69, 9.17) is 4.74 Å². The van der Waals surface area contributed by atoms with Crippen LogP contribution in [0.1, 0.15) is 20.8 Å². The summed E-state index contributed by atoms with van der Waals surface area (Å²) in [5.74, 6) is 0.873. The standard InChI is InChI=1S/C17H21N3O3S/c1-17(2,3)18-14(21)11-24-15-9-10-16(22)20(19-15)12-5-7-13(23-4)8-6-12/h5-10H,11H2,1-4H3,(H,18,21). The van der Waals surface area contributed by atoms with Crippen molar-refractivity contribution in [2.45, 2.75) is 31.3 Å². The second-order valence-electron chi connectivity index (χ2n) is 6.21. The lowest BCUT2D eigenvalue weighted by atomic mass is 10.1. The zero-order chi connectivity index (χ0) is 17.7. The van der Waals surface area contributed by atoms with Gasteiger partial charge >= 0.3 is 0 Å². The molecule has 1 aromatic heterocycles. The summed E-state index contributed by atoms with van der Waals surface area (Å²) in [6, 6.07) is 10.1. The Kier molecular flexibility index (Phi) is 5.66. The summed E-state index contributed by atoms with van der Waals surface area (Å²) in [6.07, 6.45) is 0. The number of nitrogens with zero attached hydrogens (tertiary/aromatic N) is 2. The molecule has 0 saturated heterocycles. The van der Waals surface area contributed by atoms with E-state index in [1.807, 2.05) is 20.8 Å². The summed E-state index contributed by atoms with van der Waals surface area (Å²) in [4.78, 5) is 23.9. The number of rotatable bonds is 5. The molecule has 128 valence electrons. The largest absolute Gasteiger partial charge is 0.497 e. The minimum Gasteiger partial charge on any atom is -0.497 e. The van der Waals surface area contributed by atoms with Crippen molar-refractivity contribution < 1.29 is 9.53 Å². The van der Waals surface area contributed by atoms with E-state index in [1.54, 1.807) is 37.4 Å². The van der Waals surface area contributed by atoms with Crippen LogP contribution in [0.5, 0.6) is 5.75 Å². The van der Waals surface area contributed by atoms with Crippen LogP contribution in [0.25, 0.3) is 5.69 Å². The van der Waals surface area contributed by atoms with E-state index in [9.17, 15) is 9.59 Å². The van der Waals surface area contributed by atoms with Crippen LogP contribution in [0.15, 0.2) is 46.2 Å². The van der Waals surface area contributed by atoms with Gasteiger partial charge < -0.3 is 10.1 Å². The molecule has 0 aliphatic heterocycles. The van der Waals surface area contributed by atoms with Crippen LogP contribution in [0.4, 0.5) is 0 Å². The maximum atomic E-state index is 12.0. The van der Waals surface area contributed by atoms with Crippen LogP contribution in [0.3, 0.4) is 0 Å². The van der Waals surface area contributed by atoms with Crippen molar-refractivity contribution in [1.29, 1.82) is 0 Å². The molecule has 1 heterocycles. The first-order valence-corrected chi connectivity index (χ1v) is 8.46. The first-order chi connectivity index (χ1) is 11.3. The Morgan fingerprint density at radius 2 is 1.88 bits per heavy atom. The molecule has 0 unspecified atom stereocenters. The maximum Gasteiger partial charge on any atom is 0.271 e. The van der Waals surface area contributed by atoms with Crippen LogP contribution in [-0.4, -0.2) is 34.1 Å². The summed E-state index contributed by atoms with van der Waals surface area (Å²) < 4.78 is 6.42. The topological polar surface area (TPSA) is 73.2 Å². The Balaban J connectivity index is 2.13. The number of aromatic nitrogens is 2. The van der Waals surface area contributed by atoms with E-state index < -0.39 is 0 Å². The van der Waals surface area contributed by atoms with Crippen LogP contribution < -0.4 is 15.6 Å². The molecule has 1 amide bonds. The SMILES string of the molecule is COc1ccc(-n2nc(SCC(=O)NC(C)(C)C)ccc2=O)cc1. The van der Waals surface area contributed by atoms with Gasteiger partial charge in [0.15, 0.2) is 0 Å². The molecule has 1 N–H and O–H groups in total. The van der Waals surface area contributed by atoms with Crippen molar-refractivity contribution >= 4 is 17.7 Å². The number of carbonyl (C=O) groups excluding carboxylic acids is 1. The number of amides is 1. The van der Waals surface area contributed by atoms with Gasteiger partial charge in [-0.05, 0) is 51.1 Å². The highest BCUT2D eigenvalue weighted by molar-refractivity contribution is 7.99. The quantitative estimate of drug-likeness (QED) is 0.840. The molecule has 0 fully saturated rings. The molecular weight excluding hydrogens is 326 g/mol. The molecule has 0 atom stereocenters. The van der Waals surface area contributed by atoms with Crippen LogP contribution in [-0.2, 0) is 4.79 Å². The Morgan fingerprint density at radius 3 is 2.46 bits per heavy atom. The van der Waals surface area contributed by atoms with Crippen molar-refractivity contribution in [2.24, 2.45) is 0 Å². The van der Waals surface area contributed by atoms with Crippen LogP contribution in [0, 0.1) is 0 Å². The number of methoxy groups -OCH3 is 1. The van der Waals surface area contributed by atoms with E-state index in [-0.39, 0.29) is 22.8 Å². The van der Waals surface area contributed by atoms with Crippen LogP contribution in [0.2, 0.25) is 0 Å². The lowest BCUT2D eigenvalue weighted by Crippen LogP contribution is -2.41. The molecule has 2 aromatic rings. The highest BCUT2D eigenvalue weighted by Crippen LogP contribution is 2.16. The van der Waals surface area contributed by atoms with Gasteiger partial charge in [-0.25, -0.2) is 0 Å². The molecule has 0 spiro atoms. The van der Waals surface area contributed by atoms with Crippen molar-refractivity contribution in [3.05, 3.63) is 46.8 Å². The molecule has 0 saturated carbocycles. The molecule has 2 rings (SSSR count). The summed E-state index contributed by atoms with van der Waals surface area (Å²) in [6.45, 7) is 5.78. The van der Waals surface area contributed by atoms with Gasteiger partial charge in [-0.1, -0.05) is 11.8 Å². The molecule has 0 radical (unpaired) electrons. The highest BCUT2D eigenvalue weighted by Gasteiger charge is 2.14. The minimum atomic E-state index is -0.271. The zero-order valence-corrected chi connectivity index (χ0v) is 15.0. The number of hydrogen-bond donors (Lipinski definition) is 1. The highest BCUT2D eigenvalue weighted by atomic mass is 32.2. The smallest absolute Gasteiger partial charge is 0.271 e. The Bertz CT molecular complexity index is 764. The van der Waals surface area contributed by atoms with E-state index in [0.717, 1.165) is 0 Å². The molecule has 0 aliphatic rings. The third-order valence-corrected chi connectivity index (χ3v) is 3.88. The summed E-state index contributed by atoms with van der Waals surface area (Å²) in [5, 5.41) is 7.81. The number of hydrogen-bond acceptors (Lipinski definition) is 5. The van der Waals surface area contributed by atoms with Gasteiger partial charge in [0.1, 0.15) is 10.8 Å². The fourth-order valence-electron chi connectivity index (χ4n) is 1.97. The molecule has 0 bridgehead atoms. The van der Waals surface area contributed by atoms with E-state index in [2.05, 4.69) is 10.4 Å². The fraction of sp³-hybridized carbons (Fsp3) is 0.353. The first kappa shape index (κ1) is 18.1. The van der Waals surface area contributed by atoms with Crippen molar-refractivity contribution in [1.82, 2.24) is 15.1 Å². The molecule has 7 heteroatoms. The molecule has 0 aliphatic carbocycles. The van der Waals surface area contributed by atoms with Gasteiger partial charge in [0.2, 0.25) is 5.91 Å². The van der Waals surface area contributed by atoms with Gasteiger partial charge in [-0.2, -0.15) is 9.78 Å². The van der Waals surface area contributed by atoms with Crippen molar-refractivity contribution in [3.63, 3.8) is 0 Å². The predicted octanol–water partition coefficient (Wildman–Crippen LogP) is 2.25. The normalized spacial score (nSPS) is 11.2. The first-order valence-electron chi connectivity index (χ1n) is 7.47. The summed E-state index contributed by atoms with van der Waals surface area (Å²) in [7, 11) is 1.58. The lowest BCUT2D eigenvalue weighted by molar-refractivity contribution is -0.119. The average molecular weight is 347 g/mol. The second kappa shape index (κ2) is 7.53. The predicted molar refractivity (Wildman–Crippen MR) is 95.0 cm³/mol. The average Bonchev–Trinajstić information content (AvgIpc) is 2.52. The number of benzene rings is 1. The van der Waals surface area contributed by atoms with Gasteiger partial charge in [0, 0.05) is 11.6 Å². The monoisotopic (exact) mass is 347 g/mol. The van der Waals surface area contributed by atoms with Crippen LogP contribution >= 0.6 is 11.8 Å². The van der Waals surface area contributed by atoms with Gasteiger partial charge in [-0.15, -0.1) is 0 Å². The maximum absolute atomic E-state index is 12.0. The third-order valence-electron chi connectivity index (χ3n) is 2.96. The number of carbonyl (C=O) groups is 1. The Hall–Kier alpha value is -2.28. The fourth-order valence-corrected chi connectivity index (χ4v) is 2.63. The van der Waals surface area contributed by atoms with Gasteiger partial charge in [-0.3, -0.25) is 9.59 Å². The van der Waals surface area contributed by atoms with E-state index >= 15 is 0 Å². The Morgan fingerprint density at radius 1 is 1.21 bits per heavy atom. The van der Waals surface area contributed by atoms with Crippen molar-refractivity contribution in [2.75, 3.05) is 12.9 Å². The van der Waals surface area contributed by atoms with Crippen molar-refractivity contribution in [3.8, 4) is 11.4 Å². The van der Waals surface area contributed by atoms with Gasteiger partial charge in [0.25, 0.3) is 5.56 Å². The number of ether oxygens (including phenoxy) is 1. The van der Waals surface area contributed by atoms with Gasteiger partial charge in [0.05, 0.1) is 18.6 Å². The molecule has 24 heavy (non-hydrogen) atoms. The summed E-state index contributed by atoms with van der Waals surface area (Å²) in [5.41, 5.74) is 0.138. The Labute approximate surface area is 145 Å². The summed E-state index contributed by atoms with van der Waals surface area (Å²) >= 11 is 1.29. The minimum absolute atomic E-state index is 0.0727. The molecule has 6 nitrogen and oxygen atoms in total. The third kappa shape index (κ3) is 5.13. The molecular formula is C17H21N3O3S. The lowest BCUT2D eigenvalue weighted by Gasteiger charge is -2.20. The zero-order valence-electron chi connectivity index (χ0n) is 14.2. The van der Waals surface area contributed by atoms with E-state index in [0.29, 0.717) is 16.5 Å². The number of thioether (sulfide) groups is 1. The van der Waals surface area contributed by atoms with E-state index in [1.165, 1.54) is 22.5 Å². The molecule has 1 aromatic carbocycles. The second-order valence-corrected chi connectivity index (χ2v) is 7.20. The number of nitrogens with one attached hydrogen (secondary N) is 1.